The van der Waals surface area contributed by atoms with E-state index in [1.807, 2.05) is 0 Å². The molecule has 2 aromatic heterocycles. The Morgan fingerprint density at radius 3 is 2.57 bits per heavy atom. The number of aromatic nitrogens is 1. The number of carbonyl (C=O) groups excluding carboxylic acids is 2. The zero-order valence-electron chi connectivity index (χ0n) is 10.9. The van der Waals surface area contributed by atoms with Gasteiger partial charge < -0.3 is 15.7 Å². The SMILES string of the molecule is CC(=O)Nc1ccc(C(=O)Nc2cccc(C(=O)O)n2)s1. The van der Waals surface area contributed by atoms with E-state index in [-0.39, 0.29) is 17.4 Å². The Morgan fingerprint density at radius 1 is 1.14 bits per heavy atom. The molecule has 0 aliphatic rings. The number of aromatic carboxylic acids is 1. The summed E-state index contributed by atoms with van der Waals surface area (Å²) in [6.07, 6.45) is 0. The van der Waals surface area contributed by atoms with E-state index >= 15 is 0 Å². The fraction of sp³-hybridized carbons (Fsp3) is 0.0769. The van der Waals surface area contributed by atoms with E-state index in [4.69, 9.17) is 5.11 Å². The molecule has 3 N–H and O–H groups in total. The number of carbonyl (C=O) groups is 3. The van der Waals surface area contributed by atoms with E-state index in [1.54, 1.807) is 12.1 Å². The number of carboxylic acids is 1. The third-order valence-electron chi connectivity index (χ3n) is 2.34. The minimum atomic E-state index is -1.17. The Hall–Kier alpha value is -2.74. The molecule has 0 aromatic carbocycles. The third-order valence-corrected chi connectivity index (χ3v) is 3.34. The van der Waals surface area contributed by atoms with Crippen molar-refractivity contribution in [1.82, 2.24) is 4.98 Å². The monoisotopic (exact) mass is 305 g/mol. The van der Waals surface area contributed by atoms with E-state index < -0.39 is 11.9 Å². The van der Waals surface area contributed by atoms with Gasteiger partial charge in [-0.3, -0.25) is 9.59 Å². The Morgan fingerprint density at radius 2 is 1.90 bits per heavy atom. The molecule has 0 saturated heterocycles. The van der Waals surface area contributed by atoms with Crippen LogP contribution in [0.4, 0.5) is 10.8 Å². The van der Waals surface area contributed by atoms with Crippen molar-refractivity contribution in [2.75, 3.05) is 10.6 Å². The summed E-state index contributed by atoms with van der Waals surface area (Å²) in [4.78, 5) is 37.9. The highest BCUT2D eigenvalue weighted by atomic mass is 32.1. The average Bonchev–Trinajstić information content (AvgIpc) is 2.86. The maximum absolute atomic E-state index is 12.0. The zero-order valence-corrected chi connectivity index (χ0v) is 11.7. The molecule has 0 radical (unpaired) electrons. The number of carboxylic acid groups (broad SMARTS) is 1. The highest BCUT2D eigenvalue weighted by molar-refractivity contribution is 7.18. The van der Waals surface area contributed by atoms with Crippen LogP contribution in [-0.2, 0) is 4.79 Å². The van der Waals surface area contributed by atoms with E-state index in [9.17, 15) is 14.4 Å². The van der Waals surface area contributed by atoms with Crippen molar-refractivity contribution < 1.29 is 19.5 Å². The van der Waals surface area contributed by atoms with Gasteiger partial charge in [0.05, 0.1) is 9.88 Å². The quantitative estimate of drug-likeness (QED) is 0.801. The van der Waals surface area contributed by atoms with Crippen molar-refractivity contribution >= 4 is 39.9 Å². The lowest BCUT2D eigenvalue weighted by Gasteiger charge is -2.03. The van der Waals surface area contributed by atoms with Crippen LogP contribution in [0.2, 0.25) is 0 Å². The Labute approximate surface area is 123 Å². The standard InChI is InChI=1S/C13H11N3O4S/c1-7(17)14-11-6-5-9(21-11)12(18)16-10-4-2-3-8(15-10)13(19)20/h2-6H,1H3,(H,14,17)(H,19,20)(H,15,16,18). The van der Waals surface area contributed by atoms with E-state index in [2.05, 4.69) is 15.6 Å². The van der Waals surface area contributed by atoms with Crippen LogP contribution in [0.3, 0.4) is 0 Å². The summed E-state index contributed by atoms with van der Waals surface area (Å²) < 4.78 is 0. The molecule has 2 amide bonds. The van der Waals surface area contributed by atoms with Gasteiger partial charge in [0.15, 0.2) is 5.69 Å². The summed E-state index contributed by atoms with van der Waals surface area (Å²) in [5.74, 6) is -1.67. The summed E-state index contributed by atoms with van der Waals surface area (Å²) in [7, 11) is 0. The first-order valence-corrected chi connectivity index (χ1v) is 6.66. The number of rotatable bonds is 4. The number of thiophene rings is 1. The van der Waals surface area contributed by atoms with Gasteiger partial charge in [-0.1, -0.05) is 6.07 Å². The summed E-state index contributed by atoms with van der Waals surface area (Å²) >= 11 is 1.11. The first kappa shape index (κ1) is 14.7. The number of nitrogens with one attached hydrogen (secondary N) is 2. The fourth-order valence-corrected chi connectivity index (χ4v) is 2.35. The summed E-state index contributed by atoms with van der Waals surface area (Å²) in [5, 5.41) is 14.5. The van der Waals surface area contributed by atoms with Crippen LogP contribution in [-0.4, -0.2) is 27.9 Å². The fourth-order valence-electron chi connectivity index (χ4n) is 1.50. The predicted molar refractivity (Wildman–Crippen MR) is 77.8 cm³/mol. The minimum Gasteiger partial charge on any atom is -0.477 e. The minimum absolute atomic E-state index is 0.148. The van der Waals surface area contributed by atoms with Crippen molar-refractivity contribution in [3.63, 3.8) is 0 Å². The molecule has 2 heterocycles. The topological polar surface area (TPSA) is 108 Å². The highest BCUT2D eigenvalue weighted by Gasteiger charge is 2.12. The summed E-state index contributed by atoms with van der Waals surface area (Å²) in [6.45, 7) is 1.38. The molecule has 0 unspecified atom stereocenters. The molecular formula is C13H11N3O4S. The van der Waals surface area contributed by atoms with Crippen LogP contribution in [0.25, 0.3) is 0 Å². The zero-order chi connectivity index (χ0) is 15.4. The number of hydrogen-bond donors (Lipinski definition) is 3. The molecule has 21 heavy (non-hydrogen) atoms. The van der Waals surface area contributed by atoms with Gasteiger partial charge in [0, 0.05) is 6.92 Å². The van der Waals surface area contributed by atoms with Crippen LogP contribution >= 0.6 is 11.3 Å². The molecule has 0 fully saturated rings. The maximum Gasteiger partial charge on any atom is 0.354 e. The normalized spacial score (nSPS) is 9.95. The lowest BCUT2D eigenvalue weighted by atomic mass is 10.3. The van der Waals surface area contributed by atoms with Crippen molar-refractivity contribution in [1.29, 1.82) is 0 Å². The summed E-state index contributed by atoms with van der Waals surface area (Å²) in [6, 6.07) is 7.49. The Kier molecular flexibility index (Phi) is 4.29. The number of anilines is 2. The first-order chi connectivity index (χ1) is 9.95. The second kappa shape index (κ2) is 6.14. The van der Waals surface area contributed by atoms with Gasteiger partial charge in [-0.05, 0) is 24.3 Å². The lowest BCUT2D eigenvalue weighted by molar-refractivity contribution is -0.114. The third kappa shape index (κ3) is 3.86. The van der Waals surface area contributed by atoms with Crippen molar-refractivity contribution in [2.45, 2.75) is 6.92 Å². The molecule has 108 valence electrons. The van der Waals surface area contributed by atoms with Crippen LogP contribution in [0.1, 0.15) is 27.1 Å². The molecule has 7 nitrogen and oxygen atoms in total. The van der Waals surface area contributed by atoms with Crippen LogP contribution in [0, 0.1) is 0 Å². The van der Waals surface area contributed by atoms with Gasteiger partial charge >= 0.3 is 5.97 Å². The van der Waals surface area contributed by atoms with Crippen molar-refractivity contribution in [2.24, 2.45) is 0 Å². The highest BCUT2D eigenvalue weighted by Crippen LogP contribution is 2.22. The Bertz CT molecular complexity index is 711. The van der Waals surface area contributed by atoms with E-state index in [0.29, 0.717) is 9.88 Å². The molecular weight excluding hydrogens is 294 g/mol. The molecule has 2 rings (SSSR count). The van der Waals surface area contributed by atoms with E-state index in [0.717, 1.165) is 11.3 Å². The predicted octanol–water partition coefficient (Wildman–Crippen LogP) is 2.05. The molecule has 0 bridgehead atoms. The van der Waals surface area contributed by atoms with Crippen molar-refractivity contribution in [3.05, 3.63) is 40.9 Å². The largest absolute Gasteiger partial charge is 0.477 e. The van der Waals surface area contributed by atoms with Crippen LogP contribution in [0.5, 0.6) is 0 Å². The molecule has 0 atom stereocenters. The number of hydrogen-bond acceptors (Lipinski definition) is 5. The van der Waals surface area contributed by atoms with Crippen LogP contribution in [0.15, 0.2) is 30.3 Å². The molecule has 0 spiro atoms. The molecule has 8 heteroatoms. The van der Waals surface area contributed by atoms with Crippen molar-refractivity contribution in [3.8, 4) is 0 Å². The maximum atomic E-state index is 12.0. The summed E-state index contributed by atoms with van der Waals surface area (Å²) in [5.41, 5.74) is -0.155. The van der Waals surface area contributed by atoms with Gasteiger partial charge in [0.2, 0.25) is 5.91 Å². The lowest BCUT2D eigenvalue weighted by Crippen LogP contribution is -2.12. The number of amides is 2. The van der Waals surface area contributed by atoms with Gasteiger partial charge in [-0.15, -0.1) is 11.3 Å². The molecule has 2 aromatic rings. The number of pyridine rings is 1. The van der Waals surface area contributed by atoms with Gasteiger partial charge in [-0.2, -0.15) is 0 Å². The Balaban J connectivity index is 2.10. The van der Waals surface area contributed by atoms with Gasteiger partial charge in [0.25, 0.3) is 5.91 Å². The van der Waals surface area contributed by atoms with Crippen LogP contribution < -0.4 is 10.6 Å². The van der Waals surface area contributed by atoms with Gasteiger partial charge in [-0.25, -0.2) is 9.78 Å². The van der Waals surface area contributed by atoms with E-state index in [1.165, 1.54) is 25.1 Å². The molecule has 0 aliphatic carbocycles. The second-order valence-corrected chi connectivity index (χ2v) is 5.10. The molecule has 0 saturated carbocycles. The second-order valence-electron chi connectivity index (χ2n) is 4.01. The smallest absolute Gasteiger partial charge is 0.354 e. The van der Waals surface area contributed by atoms with Gasteiger partial charge in [0.1, 0.15) is 5.82 Å². The average molecular weight is 305 g/mol. The number of nitrogens with zero attached hydrogens (tertiary/aromatic N) is 1. The first-order valence-electron chi connectivity index (χ1n) is 5.85. The molecule has 0 aliphatic heterocycles.